The van der Waals surface area contributed by atoms with Crippen molar-refractivity contribution in [3.63, 3.8) is 0 Å². The molecule has 1 aromatic heterocycles. The van der Waals surface area contributed by atoms with Crippen LogP contribution in [0, 0.1) is 19.8 Å². The summed E-state index contributed by atoms with van der Waals surface area (Å²) in [4.78, 5) is 42.3. The molecule has 0 aliphatic carbocycles. The molecule has 33 heavy (non-hydrogen) atoms. The third-order valence-electron chi connectivity index (χ3n) is 6.12. The highest BCUT2D eigenvalue weighted by atomic mass is 32.1. The molecule has 0 unspecified atom stereocenters. The molecule has 1 aromatic carbocycles. The largest absolute Gasteiger partial charge is 0.355 e. The summed E-state index contributed by atoms with van der Waals surface area (Å²) < 4.78 is 0. The normalized spacial score (nSPS) is 14.6. The van der Waals surface area contributed by atoms with E-state index >= 15 is 0 Å². The Kier molecular flexibility index (Phi) is 9.03. The number of aryl methyl sites for hydroxylation is 2. The number of anilines is 1. The van der Waals surface area contributed by atoms with Crippen LogP contribution in [-0.4, -0.2) is 67.3 Å². The van der Waals surface area contributed by atoms with Crippen LogP contribution in [0.25, 0.3) is 0 Å². The van der Waals surface area contributed by atoms with Gasteiger partial charge < -0.3 is 15.5 Å². The van der Waals surface area contributed by atoms with E-state index in [1.165, 1.54) is 9.78 Å². The number of para-hydroxylation sites is 1. The molecule has 0 saturated carbocycles. The van der Waals surface area contributed by atoms with Crippen molar-refractivity contribution in [3.05, 3.63) is 51.7 Å². The quantitative estimate of drug-likeness (QED) is 0.591. The van der Waals surface area contributed by atoms with Gasteiger partial charge in [-0.3, -0.25) is 19.3 Å². The first-order chi connectivity index (χ1) is 15.8. The maximum Gasteiger partial charge on any atom is 0.243 e. The first-order valence-corrected chi connectivity index (χ1v) is 12.3. The summed E-state index contributed by atoms with van der Waals surface area (Å²) in [6.45, 7) is 6.24. The van der Waals surface area contributed by atoms with E-state index in [4.69, 9.17) is 0 Å². The van der Waals surface area contributed by atoms with Crippen molar-refractivity contribution in [1.82, 2.24) is 15.1 Å². The fraction of sp³-hybridized carbons (Fsp3) is 0.480. The van der Waals surface area contributed by atoms with Gasteiger partial charge in [-0.1, -0.05) is 24.3 Å². The van der Waals surface area contributed by atoms with E-state index in [1.54, 1.807) is 18.4 Å². The Morgan fingerprint density at radius 2 is 1.79 bits per heavy atom. The summed E-state index contributed by atoms with van der Waals surface area (Å²) in [6, 6.07) is 9.95. The minimum absolute atomic E-state index is 0.000506. The predicted octanol–water partition coefficient (Wildman–Crippen LogP) is 2.83. The van der Waals surface area contributed by atoms with Gasteiger partial charge in [-0.25, -0.2) is 0 Å². The Bertz CT molecular complexity index is 932. The number of nitrogens with zero attached hydrogens (tertiary/aromatic N) is 2. The van der Waals surface area contributed by atoms with Crippen LogP contribution in [0.4, 0.5) is 5.69 Å². The molecule has 1 aliphatic heterocycles. The minimum atomic E-state index is -0.207. The highest BCUT2D eigenvalue weighted by molar-refractivity contribution is 7.09. The van der Waals surface area contributed by atoms with E-state index in [9.17, 15) is 14.4 Å². The molecule has 8 heteroatoms. The van der Waals surface area contributed by atoms with Crippen LogP contribution in [-0.2, 0) is 20.8 Å². The number of rotatable bonds is 9. The summed E-state index contributed by atoms with van der Waals surface area (Å²) in [6.07, 6.45) is 2.35. The molecule has 2 heterocycles. The number of piperidine rings is 1. The Morgan fingerprint density at radius 3 is 2.42 bits per heavy atom. The van der Waals surface area contributed by atoms with Crippen molar-refractivity contribution in [2.45, 2.75) is 33.1 Å². The van der Waals surface area contributed by atoms with Crippen LogP contribution in [0.3, 0.4) is 0 Å². The molecule has 7 nitrogen and oxygen atoms in total. The van der Waals surface area contributed by atoms with Crippen molar-refractivity contribution in [2.24, 2.45) is 5.92 Å². The molecule has 3 rings (SSSR count). The third-order valence-corrected chi connectivity index (χ3v) is 7.06. The van der Waals surface area contributed by atoms with Gasteiger partial charge in [0.1, 0.15) is 0 Å². The monoisotopic (exact) mass is 470 g/mol. The number of carbonyl (C=O) groups excluding carboxylic acids is 3. The Hall–Kier alpha value is -2.71. The molecule has 0 atom stereocenters. The number of amides is 3. The van der Waals surface area contributed by atoms with Crippen molar-refractivity contribution < 1.29 is 14.4 Å². The fourth-order valence-electron chi connectivity index (χ4n) is 4.07. The smallest absolute Gasteiger partial charge is 0.243 e. The lowest BCUT2D eigenvalue weighted by Crippen LogP contribution is -2.46. The number of likely N-dealkylation sites (tertiary alicyclic amines) is 1. The number of thiophene rings is 1. The lowest BCUT2D eigenvalue weighted by atomic mass is 9.96. The van der Waals surface area contributed by atoms with Crippen molar-refractivity contribution in [1.29, 1.82) is 0 Å². The molecular weight excluding hydrogens is 436 g/mol. The zero-order valence-corrected chi connectivity index (χ0v) is 20.5. The zero-order chi connectivity index (χ0) is 23.8. The fourth-order valence-corrected chi connectivity index (χ4v) is 4.78. The number of hydrogen-bond acceptors (Lipinski definition) is 5. The van der Waals surface area contributed by atoms with E-state index < -0.39 is 0 Å². The average Bonchev–Trinajstić information content (AvgIpc) is 3.30. The number of benzene rings is 1. The van der Waals surface area contributed by atoms with Gasteiger partial charge in [-0.2, -0.15) is 0 Å². The van der Waals surface area contributed by atoms with Crippen LogP contribution >= 0.6 is 11.3 Å². The molecule has 3 amide bonds. The number of carbonyl (C=O) groups is 3. The second kappa shape index (κ2) is 12.0. The van der Waals surface area contributed by atoms with E-state index in [2.05, 4.69) is 21.6 Å². The molecule has 1 aliphatic rings. The molecular formula is C25H34N4O3S. The molecule has 0 radical (unpaired) electrons. The molecule has 178 valence electrons. The van der Waals surface area contributed by atoms with Crippen molar-refractivity contribution in [3.8, 4) is 0 Å². The molecule has 2 aromatic rings. The van der Waals surface area contributed by atoms with Gasteiger partial charge in [-0.15, -0.1) is 11.3 Å². The van der Waals surface area contributed by atoms with Gasteiger partial charge in [0, 0.05) is 30.1 Å². The maximum absolute atomic E-state index is 12.6. The first kappa shape index (κ1) is 24.9. The van der Waals surface area contributed by atoms with Crippen LogP contribution < -0.4 is 10.6 Å². The van der Waals surface area contributed by atoms with Crippen LogP contribution in [0.5, 0.6) is 0 Å². The highest BCUT2D eigenvalue weighted by Crippen LogP contribution is 2.20. The SMILES string of the molecule is Cc1cccc(C)c1NC(=O)CN(C)C(=O)CN1CCC(C(=O)NCCc2cccs2)CC1. The highest BCUT2D eigenvalue weighted by Gasteiger charge is 2.26. The van der Waals surface area contributed by atoms with E-state index in [1.807, 2.05) is 43.5 Å². The van der Waals surface area contributed by atoms with Gasteiger partial charge in [0.15, 0.2) is 0 Å². The molecule has 1 fully saturated rings. The Labute approximate surface area is 200 Å². The summed E-state index contributed by atoms with van der Waals surface area (Å²) in [5, 5.41) is 8.01. The Balaban J connectivity index is 1.36. The average molecular weight is 471 g/mol. The lowest BCUT2D eigenvalue weighted by Gasteiger charge is -2.31. The number of nitrogens with one attached hydrogen (secondary N) is 2. The topological polar surface area (TPSA) is 81.8 Å². The maximum atomic E-state index is 12.6. The van der Waals surface area contributed by atoms with Gasteiger partial charge in [0.25, 0.3) is 0 Å². The van der Waals surface area contributed by atoms with Crippen LogP contribution in [0.1, 0.15) is 28.8 Å². The molecule has 0 bridgehead atoms. The van der Waals surface area contributed by atoms with Crippen LogP contribution in [0.15, 0.2) is 35.7 Å². The first-order valence-electron chi connectivity index (χ1n) is 11.5. The van der Waals surface area contributed by atoms with Crippen molar-refractivity contribution in [2.75, 3.05) is 45.1 Å². The van der Waals surface area contributed by atoms with Gasteiger partial charge in [0.05, 0.1) is 13.1 Å². The molecule has 1 saturated heterocycles. The van der Waals surface area contributed by atoms with Crippen molar-refractivity contribution >= 4 is 34.7 Å². The van der Waals surface area contributed by atoms with Gasteiger partial charge in [-0.05, 0) is 68.8 Å². The van der Waals surface area contributed by atoms with Crippen LogP contribution in [0.2, 0.25) is 0 Å². The Morgan fingerprint density at radius 1 is 1.09 bits per heavy atom. The van der Waals surface area contributed by atoms with Gasteiger partial charge in [0.2, 0.25) is 17.7 Å². The predicted molar refractivity (Wildman–Crippen MR) is 132 cm³/mol. The van der Waals surface area contributed by atoms with E-state index in [0.29, 0.717) is 19.6 Å². The molecule has 2 N–H and O–H groups in total. The minimum Gasteiger partial charge on any atom is -0.355 e. The summed E-state index contributed by atoms with van der Waals surface area (Å²) >= 11 is 1.70. The second-order valence-corrected chi connectivity index (χ2v) is 9.77. The zero-order valence-electron chi connectivity index (χ0n) is 19.7. The molecule has 0 spiro atoms. The third kappa shape index (κ3) is 7.40. The van der Waals surface area contributed by atoms with E-state index in [0.717, 1.165) is 36.1 Å². The number of likely N-dealkylation sites (N-methyl/N-ethyl adjacent to an activating group) is 1. The standard InChI is InChI=1S/C25H34N4O3S/c1-18-6-4-7-19(2)24(18)27-22(30)16-28(3)23(31)17-29-13-10-20(11-14-29)25(32)26-12-9-21-8-5-15-33-21/h4-8,15,20H,9-14,16-17H2,1-3H3,(H,26,32)(H,27,30). The van der Waals surface area contributed by atoms with E-state index in [-0.39, 0.29) is 36.7 Å². The summed E-state index contributed by atoms with van der Waals surface area (Å²) in [5.74, 6) is -0.190. The summed E-state index contributed by atoms with van der Waals surface area (Å²) in [7, 11) is 1.65. The lowest BCUT2D eigenvalue weighted by molar-refractivity contribution is -0.134. The number of hydrogen-bond donors (Lipinski definition) is 2. The van der Waals surface area contributed by atoms with Gasteiger partial charge >= 0.3 is 0 Å². The second-order valence-electron chi connectivity index (χ2n) is 8.74. The summed E-state index contributed by atoms with van der Waals surface area (Å²) in [5.41, 5.74) is 2.80.